The molecule has 2 N–H and O–H groups in total. The van der Waals surface area contributed by atoms with Crippen molar-refractivity contribution in [2.75, 3.05) is 11.9 Å². The average Bonchev–Trinajstić information content (AvgIpc) is 2.58. The Morgan fingerprint density at radius 1 is 1.00 bits per heavy atom. The molecule has 1 heterocycles. The first-order chi connectivity index (χ1) is 12.0. The van der Waals surface area contributed by atoms with Crippen molar-refractivity contribution in [3.8, 4) is 0 Å². The highest BCUT2D eigenvalue weighted by Gasteiger charge is 2.05. The number of hydrogen-bond donors (Lipinski definition) is 2. The zero-order valence-electron chi connectivity index (χ0n) is 14.1. The third-order valence-corrected chi connectivity index (χ3v) is 4.47. The van der Waals surface area contributed by atoms with Crippen LogP contribution in [-0.2, 0) is 6.42 Å². The van der Waals surface area contributed by atoms with Crippen LogP contribution in [0.25, 0.3) is 11.0 Å². The van der Waals surface area contributed by atoms with E-state index in [1.165, 1.54) is 5.56 Å². The van der Waals surface area contributed by atoms with Crippen LogP contribution < -0.4 is 10.6 Å². The summed E-state index contributed by atoms with van der Waals surface area (Å²) in [6, 6.07) is 13.4. The molecular weight excluding hydrogens is 380 g/mol. The van der Waals surface area contributed by atoms with Gasteiger partial charge in [-0.05, 0) is 56.2 Å². The van der Waals surface area contributed by atoms with Gasteiger partial charge in [0, 0.05) is 16.7 Å². The lowest BCUT2D eigenvalue weighted by atomic mass is 10.1. The molecule has 0 aliphatic heterocycles. The monoisotopic (exact) mass is 398 g/mol. The van der Waals surface area contributed by atoms with Crippen LogP contribution in [0.2, 0.25) is 0 Å². The number of carbonyl (C=O) groups excluding carboxylic acids is 1. The number of aryl methyl sites for hydroxylation is 2. The molecule has 3 rings (SSSR count). The maximum atomic E-state index is 12.0. The molecule has 128 valence electrons. The molecule has 0 atom stereocenters. The molecule has 0 aliphatic rings. The summed E-state index contributed by atoms with van der Waals surface area (Å²) in [5.41, 5.74) is 5.28. The lowest BCUT2D eigenvalue weighted by Gasteiger charge is -2.09. The van der Waals surface area contributed by atoms with Crippen molar-refractivity contribution < 1.29 is 4.79 Å². The molecule has 1 aromatic heterocycles. The molecule has 3 aromatic rings. The van der Waals surface area contributed by atoms with Crippen LogP contribution in [0.3, 0.4) is 0 Å². The Morgan fingerprint density at radius 3 is 2.40 bits per heavy atom. The van der Waals surface area contributed by atoms with Crippen molar-refractivity contribution in [1.82, 2.24) is 15.3 Å². The van der Waals surface area contributed by atoms with Crippen molar-refractivity contribution in [1.29, 1.82) is 0 Å². The van der Waals surface area contributed by atoms with Gasteiger partial charge in [0.2, 0.25) is 0 Å². The number of benzene rings is 2. The van der Waals surface area contributed by atoms with Crippen molar-refractivity contribution in [3.05, 3.63) is 63.9 Å². The normalized spacial score (nSPS) is 10.7. The number of fused-ring (bicyclic) bond motifs is 1. The van der Waals surface area contributed by atoms with Gasteiger partial charge in [-0.2, -0.15) is 0 Å². The fourth-order valence-corrected chi connectivity index (χ4v) is 2.72. The summed E-state index contributed by atoms with van der Waals surface area (Å²) < 4.78 is 1.05. The number of rotatable bonds is 4. The number of anilines is 1. The highest BCUT2D eigenvalue weighted by Crippen LogP contribution is 2.17. The minimum Gasteiger partial charge on any atom is -0.338 e. The smallest absolute Gasteiger partial charge is 0.319 e. The summed E-state index contributed by atoms with van der Waals surface area (Å²) in [4.78, 5) is 21.1. The number of aromatic nitrogens is 2. The summed E-state index contributed by atoms with van der Waals surface area (Å²) in [5, 5.41) is 5.70. The number of nitrogens with one attached hydrogen (secondary N) is 2. The van der Waals surface area contributed by atoms with E-state index in [1.807, 2.05) is 56.3 Å². The topological polar surface area (TPSA) is 66.9 Å². The summed E-state index contributed by atoms with van der Waals surface area (Å²) in [6.45, 7) is 4.43. The van der Waals surface area contributed by atoms with E-state index in [1.54, 1.807) is 0 Å². The number of amides is 2. The largest absolute Gasteiger partial charge is 0.338 e. The van der Waals surface area contributed by atoms with Gasteiger partial charge in [-0.1, -0.05) is 28.1 Å². The maximum Gasteiger partial charge on any atom is 0.319 e. The Labute approximate surface area is 155 Å². The van der Waals surface area contributed by atoms with Crippen LogP contribution in [0.4, 0.5) is 10.5 Å². The van der Waals surface area contributed by atoms with E-state index in [4.69, 9.17) is 0 Å². The number of carbonyl (C=O) groups is 1. The van der Waals surface area contributed by atoms with Crippen LogP contribution in [0.15, 0.2) is 46.9 Å². The average molecular weight is 399 g/mol. The number of urea groups is 1. The standard InChI is InChI=1S/C19H19BrN4O/c1-12-13(2)23-18-11-16(7-8-17(18)22-12)24-19(25)21-10-9-14-3-5-15(20)6-4-14/h3-8,11H,9-10H2,1-2H3,(H2,21,24,25). The summed E-state index contributed by atoms with van der Waals surface area (Å²) in [6.07, 6.45) is 0.780. The van der Waals surface area contributed by atoms with E-state index >= 15 is 0 Å². The Morgan fingerprint density at radius 2 is 1.68 bits per heavy atom. The van der Waals surface area contributed by atoms with E-state index in [2.05, 4.69) is 36.5 Å². The first-order valence-corrected chi connectivity index (χ1v) is 8.85. The van der Waals surface area contributed by atoms with Gasteiger partial charge in [-0.25, -0.2) is 14.8 Å². The molecule has 2 amide bonds. The third-order valence-electron chi connectivity index (χ3n) is 3.95. The van der Waals surface area contributed by atoms with Crippen LogP contribution in [-0.4, -0.2) is 22.5 Å². The van der Waals surface area contributed by atoms with Crippen molar-refractivity contribution in [3.63, 3.8) is 0 Å². The summed E-state index contributed by atoms with van der Waals surface area (Å²) in [7, 11) is 0. The minimum absolute atomic E-state index is 0.228. The van der Waals surface area contributed by atoms with E-state index < -0.39 is 0 Å². The highest BCUT2D eigenvalue weighted by atomic mass is 79.9. The van der Waals surface area contributed by atoms with E-state index in [0.717, 1.165) is 33.3 Å². The first-order valence-electron chi connectivity index (χ1n) is 8.05. The molecule has 0 aliphatic carbocycles. The third kappa shape index (κ3) is 4.54. The van der Waals surface area contributed by atoms with Crippen LogP contribution in [0, 0.1) is 13.8 Å². The van der Waals surface area contributed by atoms with Crippen LogP contribution >= 0.6 is 15.9 Å². The molecule has 0 bridgehead atoms. The van der Waals surface area contributed by atoms with Crippen LogP contribution in [0.1, 0.15) is 17.0 Å². The maximum absolute atomic E-state index is 12.0. The molecule has 0 fully saturated rings. The van der Waals surface area contributed by atoms with E-state index in [-0.39, 0.29) is 6.03 Å². The SMILES string of the molecule is Cc1nc2ccc(NC(=O)NCCc3ccc(Br)cc3)cc2nc1C. The molecule has 5 nitrogen and oxygen atoms in total. The minimum atomic E-state index is -0.228. The van der Waals surface area contributed by atoms with Gasteiger partial charge in [0.25, 0.3) is 0 Å². The van der Waals surface area contributed by atoms with Crippen molar-refractivity contribution in [2.24, 2.45) is 0 Å². The Balaban J connectivity index is 1.58. The number of halogens is 1. The Hall–Kier alpha value is -2.47. The molecule has 0 radical (unpaired) electrons. The molecule has 0 saturated carbocycles. The Bertz CT molecular complexity index is 909. The predicted octanol–water partition coefficient (Wildman–Crippen LogP) is 4.37. The molecule has 0 unspecified atom stereocenters. The molecular formula is C19H19BrN4O. The zero-order valence-corrected chi connectivity index (χ0v) is 15.7. The fraction of sp³-hybridized carbons (Fsp3) is 0.211. The Kier molecular flexibility index (Phi) is 5.28. The molecule has 6 heteroatoms. The fourth-order valence-electron chi connectivity index (χ4n) is 2.46. The van der Waals surface area contributed by atoms with Gasteiger partial charge in [0.15, 0.2) is 0 Å². The van der Waals surface area contributed by atoms with Gasteiger partial charge in [-0.3, -0.25) is 0 Å². The van der Waals surface area contributed by atoms with Gasteiger partial charge >= 0.3 is 6.03 Å². The molecule has 0 spiro atoms. The zero-order chi connectivity index (χ0) is 17.8. The summed E-state index contributed by atoms with van der Waals surface area (Å²) >= 11 is 3.41. The van der Waals surface area contributed by atoms with Gasteiger partial charge in [0.1, 0.15) is 0 Å². The van der Waals surface area contributed by atoms with Crippen LogP contribution in [0.5, 0.6) is 0 Å². The lowest BCUT2D eigenvalue weighted by molar-refractivity contribution is 0.252. The summed E-state index contributed by atoms with van der Waals surface area (Å²) in [5.74, 6) is 0. The number of hydrogen-bond acceptors (Lipinski definition) is 3. The van der Waals surface area contributed by atoms with Crippen molar-refractivity contribution >= 4 is 38.7 Å². The lowest BCUT2D eigenvalue weighted by Crippen LogP contribution is -2.30. The van der Waals surface area contributed by atoms with E-state index in [9.17, 15) is 4.79 Å². The van der Waals surface area contributed by atoms with Gasteiger partial charge in [0.05, 0.1) is 22.4 Å². The molecule has 0 saturated heterocycles. The molecule has 2 aromatic carbocycles. The number of nitrogens with zero attached hydrogens (tertiary/aromatic N) is 2. The highest BCUT2D eigenvalue weighted by molar-refractivity contribution is 9.10. The predicted molar refractivity (Wildman–Crippen MR) is 104 cm³/mol. The second kappa shape index (κ2) is 7.61. The second-order valence-corrected chi connectivity index (χ2v) is 6.77. The second-order valence-electron chi connectivity index (χ2n) is 5.86. The molecule has 25 heavy (non-hydrogen) atoms. The quantitative estimate of drug-likeness (QED) is 0.685. The van der Waals surface area contributed by atoms with E-state index in [0.29, 0.717) is 12.2 Å². The van der Waals surface area contributed by atoms with Gasteiger partial charge < -0.3 is 10.6 Å². The van der Waals surface area contributed by atoms with Gasteiger partial charge in [-0.15, -0.1) is 0 Å². The first kappa shape index (κ1) is 17.4. The van der Waals surface area contributed by atoms with Crippen molar-refractivity contribution in [2.45, 2.75) is 20.3 Å².